The van der Waals surface area contributed by atoms with E-state index in [1.54, 1.807) is 0 Å². The zero-order chi connectivity index (χ0) is 5.70. The molecule has 0 aromatic rings. The van der Waals surface area contributed by atoms with Crippen LogP contribution in [0.25, 0.3) is 0 Å². The van der Waals surface area contributed by atoms with E-state index in [9.17, 15) is 0 Å². The Balaban J connectivity index is 0. The summed E-state index contributed by atoms with van der Waals surface area (Å²) >= 11 is 0. The Hall–Kier alpha value is 0.830. The predicted molar refractivity (Wildman–Crippen MR) is 39.0 cm³/mol. The van der Waals surface area contributed by atoms with Crippen molar-refractivity contribution in [3.8, 4) is 0 Å². The second kappa shape index (κ2) is 7.83. The Morgan fingerprint density at radius 3 is 1.88 bits per heavy atom. The van der Waals surface area contributed by atoms with Gasteiger partial charge in [-0.1, -0.05) is 13.3 Å². The maximum atomic E-state index is 2.30. The van der Waals surface area contributed by atoms with Gasteiger partial charge in [0.05, 0.1) is 12.5 Å². The van der Waals surface area contributed by atoms with Gasteiger partial charge in [0.1, 0.15) is 5.75 Å². The van der Waals surface area contributed by atoms with Crippen molar-refractivity contribution >= 4 is 10.9 Å². The lowest BCUT2D eigenvalue weighted by molar-refractivity contribution is -0.00000173. The first-order valence-electron chi connectivity index (χ1n) is 2.81. The van der Waals surface area contributed by atoms with Crippen molar-refractivity contribution in [2.24, 2.45) is 0 Å². The number of halogens is 1. The van der Waals surface area contributed by atoms with Crippen molar-refractivity contribution in [2.45, 2.75) is 19.8 Å². The van der Waals surface area contributed by atoms with Gasteiger partial charge in [0.15, 0.2) is 0 Å². The summed E-state index contributed by atoms with van der Waals surface area (Å²) in [6.07, 6.45) is 7.37. The lowest BCUT2D eigenvalue weighted by atomic mass is 10.4. The van der Waals surface area contributed by atoms with Crippen LogP contribution < -0.4 is 17.0 Å². The van der Waals surface area contributed by atoms with Crippen LogP contribution in [-0.4, -0.2) is 18.3 Å². The van der Waals surface area contributed by atoms with Crippen LogP contribution in [0.2, 0.25) is 0 Å². The molecule has 8 heavy (non-hydrogen) atoms. The summed E-state index contributed by atoms with van der Waals surface area (Å²) in [6.45, 7) is 2.24. The lowest BCUT2D eigenvalue weighted by Gasteiger charge is -1.90. The number of unbranched alkanes of at least 4 members (excludes halogenated alkanes) is 1. The van der Waals surface area contributed by atoms with E-state index in [0.29, 0.717) is 10.9 Å². The van der Waals surface area contributed by atoms with Crippen molar-refractivity contribution in [3.63, 3.8) is 0 Å². The standard InChI is InChI=1S/C6H15S.BrH/c1-4-5-6-7(2)3;/h4-6H2,1-3H3;1H/q+1;/p-1. The van der Waals surface area contributed by atoms with Crippen LogP contribution in [0.1, 0.15) is 19.8 Å². The lowest BCUT2D eigenvalue weighted by Crippen LogP contribution is -3.00. The highest BCUT2D eigenvalue weighted by Gasteiger charge is 1.97. The summed E-state index contributed by atoms with van der Waals surface area (Å²) in [6, 6.07) is 0. The van der Waals surface area contributed by atoms with Crippen LogP contribution in [0.4, 0.5) is 0 Å². The van der Waals surface area contributed by atoms with Crippen molar-refractivity contribution < 1.29 is 17.0 Å². The summed E-state index contributed by atoms with van der Waals surface area (Å²) in [5.41, 5.74) is 0. The van der Waals surface area contributed by atoms with E-state index in [1.165, 1.54) is 18.6 Å². The number of hydrogen-bond donors (Lipinski definition) is 0. The molecule has 0 saturated heterocycles. The van der Waals surface area contributed by atoms with E-state index in [-0.39, 0.29) is 17.0 Å². The second-order valence-electron chi connectivity index (χ2n) is 2.04. The number of hydrogen-bond acceptors (Lipinski definition) is 0. The minimum absolute atomic E-state index is 0. The van der Waals surface area contributed by atoms with Crippen LogP contribution >= 0.6 is 0 Å². The third-order valence-corrected chi connectivity index (χ3v) is 2.01. The van der Waals surface area contributed by atoms with E-state index < -0.39 is 0 Å². The van der Waals surface area contributed by atoms with Gasteiger partial charge in [0.25, 0.3) is 0 Å². The minimum Gasteiger partial charge on any atom is -1.00 e. The first kappa shape index (κ1) is 11.6. The van der Waals surface area contributed by atoms with Gasteiger partial charge in [-0.25, -0.2) is 0 Å². The largest absolute Gasteiger partial charge is 1.00 e. The monoisotopic (exact) mass is 198 g/mol. The third-order valence-electron chi connectivity index (χ3n) is 0.906. The minimum atomic E-state index is 0. The molecule has 0 bridgehead atoms. The Morgan fingerprint density at radius 2 is 1.75 bits per heavy atom. The fourth-order valence-electron chi connectivity index (χ4n) is 0.433. The zero-order valence-electron chi connectivity index (χ0n) is 5.91. The van der Waals surface area contributed by atoms with Gasteiger partial charge in [0.2, 0.25) is 0 Å². The number of rotatable bonds is 3. The molecular weight excluding hydrogens is 184 g/mol. The maximum Gasteiger partial charge on any atom is 0.107 e. The van der Waals surface area contributed by atoms with Gasteiger partial charge in [-0.15, -0.1) is 0 Å². The molecule has 0 aliphatic carbocycles. The Bertz CT molecular complexity index is 37.5. The molecule has 0 aromatic carbocycles. The molecule has 0 aliphatic rings. The van der Waals surface area contributed by atoms with Crippen molar-refractivity contribution in [2.75, 3.05) is 18.3 Å². The van der Waals surface area contributed by atoms with Gasteiger partial charge in [-0.05, 0) is 17.3 Å². The Labute approximate surface area is 66.2 Å². The molecule has 2 heteroatoms. The molecule has 0 heterocycles. The van der Waals surface area contributed by atoms with Crippen LogP contribution in [-0.2, 0) is 10.9 Å². The first-order valence-corrected chi connectivity index (χ1v) is 5.02. The molecule has 0 nitrogen and oxygen atoms in total. The first-order chi connectivity index (χ1) is 3.27. The fourth-order valence-corrected chi connectivity index (χ4v) is 1.30. The van der Waals surface area contributed by atoms with E-state index in [0.717, 1.165) is 0 Å². The van der Waals surface area contributed by atoms with Crippen molar-refractivity contribution in [1.82, 2.24) is 0 Å². The smallest absolute Gasteiger partial charge is 0.107 e. The van der Waals surface area contributed by atoms with Gasteiger partial charge in [-0.2, -0.15) is 0 Å². The van der Waals surface area contributed by atoms with Crippen LogP contribution in [0.3, 0.4) is 0 Å². The highest BCUT2D eigenvalue weighted by Crippen LogP contribution is 1.91. The van der Waals surface area contributed by atoms with Crippen LogP contribution in [0.5, 0.6) is 0 Å². The van der Waals surface area contributed by atoms with Crippen LogP contribution in [0, 0.1) is 0 Å². The van der Waals surface area contributed by atoms with Gasteiger partial charge in [0, 0.05) is 0 Å². The topological polar surface area (TPSA) is 0 Å². The maximum absolute atomic E-state index is 2.30. The highest BCUT2D eigenvalue weighted by atomic mass is 79.9. The molecule has 0 atom stereocenters. The molecule has 0 unspecified atom stereocenters. The average molecular weight is 199 g/mol. The molecule has 0 saturated carbocycles. The van der Waals surface area contributed by atoms with E-state index >= 15 is 0 Å². The van der Waals surface area contributed by atoms with Crippen LogP contribution in [0.15, 0.2) is 0 Å². The Kier molecular flexibility index (Phi) is 11.4. The van der Waals surface area contributed by atoms with E-state index in [4.69, 9.17) is 0 Å². The average Bonchev–Trinajstić information content (AvgIpc) is 1.61. The zero-order valence-corrected chi connectivity index (χ0v) is 8.31. The molecule has 0 amide bonds. The summed E-state index contributed by atoms with van der Waals surface area (Å²) < 4.78 is 0. The molecule has 0 rings (SSSR count). The summed E-state index contributed by atoms with van der Waals surface area (Å²) in [5.74, 6) is 1.43. The van der Waals surface area contributed by atoms with Crippen molar-refractivity contribution in [1.29, 1.82) is 0 Å². The quantitative estimate of drug-likeness (QED) is 0.494. The molecular formula is C6H15BrS. The molecule has 0 N–H and O–H groups in total. The molecule has 0 spiro atoms. The summed E-state index contributed by atoms with van der Waals surface area (Å²) in [7, 11) is 0.685. The van der Waals surface area contributed by atoms with Gasteiger partial charge >= 0.3 is 0 Å². The normalized spacial score (nSPS) is 9.00. The molecule has 0 aliphatic heterocycles. The molecule has 0 fully saturated rings. The fraction of sp³-hybridized carbons (Fsp3) is 1.00. The second-order valence-corrected chi connectivity index (χ2v) is 4.42. The molecule has 0 aromatic heterocycles. The van der Waals surface area contributed by atoms with Gasteiger partial charge < -0.3 is 17.0 Å². The highest BCUT2D eigenvalue weighted by molar-refractivity contribution is 7.95. The molecule has 0 radical (unpaired) electrons. The predicted octanol–water partition coefficient (Wildman–Crippen LogP) is -1.33. The summed E-state index contributed by atoms with van der Waals surface area (Å²) in [4.78, 5) is 0. The Morgan fingerprint density at radius 1 is 1.25 bits per heavy atom. The van der Waals surface area contributed by atoms with E-state index in [2.05, 4.69) is 19.4 Å². The van der Waals surface area contributed by atoms with Crippen molar-refractivity contribution in [3.05, 3.63) is 0 Å². The SMILES string of the molecule is CCCC[S+](C)C.[Br-]. The molecule has 52 valence electrons. The van der Waals surface area contributed by atoms with Gasteiger partial charge in [-0.3, -0.25) is 0 Å². The summed E-state index contributed by atoms with van der Waals surface area (Å²) in [5, 5.41) is 0. The van der Waals surface area contributed by atoms with E-state index in [1.807, 2.05) is 0 Å². The third kappa shape index (κ3) is 9.95.